The molecule has 0 saturated carbocycles. The molecule has 0 bridgehead atoms. The summed E-state index contributed by atoms with van der Waals surface area (Å²) in [6, 6.07) is 16.3. The fraction of sp³-hybridized carbons (Fsp3) is 0.516. The van der Waals surface area contributed by atoms with Gasteiger partial charge in [-0.05, 0) is 61.9 Å². The molecule has 39 heavy (non-hydrogen) atoms. The van der Waals surface area contributed by atoms with E-state index in [4.69, 9.17) is 5.73 Å². The molecule has 3 rings (SSSR count). The molecule has 0 aromatic heterocycles. The lowest BCUT2D eigenvalue weighted by atomic mass is 9.85. The second kappa shape index (κ2) is 13.7. The van der Waals surface area contributed by atoms with Crippen molar-refractivity contribution in [2.45, 2.75) is 71.6 Å². The van der Waals surface area contributed by atoms with Gasteiger partial charge in [0.1, 0.15) is 6.04 Å². The highest BCUT2D eigenvalue weighted by Gasteiger charge is 2.40. The summed E-state index contributed by atoms with van der Waals surface area (Å²) in [4.78, 5) is 44.1. The van der Waals surface area contributed by atoms with Crippen LogP contribution in [0.15, 0.2) is 54.6 Å². The van der Waals surface area contributed by atoms with Crippen molar-refractivity contribution in [1.82, 2.24) is 20.4 Å². The summed E-state index contributed by atoms with van der Waals surface area (Å²) in [7, 11) is 1.72. The normalized spacial score (nSPS) is 17.0. The van der Waals surface area contributed by atoms with Gasteiger partial charge in [-0.25, -0.2) is 0 Å². The molecule has 3 amide bonds. The Hall–Kier alpha value is -3.23. The van der Waals surface area contributed by atoms with E-state index in [-0.39, 0.29) is 23.8 Å². The van der Waals surface area contributed by atoms with E-state index < -0.39 is 17.5 Å². The summed E-state index contributed by atoms with van der Waals surface area (Å²) >= 11 is 0. The highest BCUT2D eigenvalue weighted by Crippen LogP contribution is 2.27. The summed E-state index contributed by atoms with van der Waals surface area (Å²) < 4.78 is 0. The van der Waals surface area contributed by atoms with Crippen molar-refractivity contribution < 1.29 is 14.4 Å². The number of nitrogens with two attached hydrogens (primary N) is 1. The summed E-state index contributed by atoms with van der Waals surface area (Å²) in [6.07, 6.45) is 2.38. The third kappa shape index (κ3) is 8.13. The average molecular weight is 536 g/mol. The first-order chi connectivity index (χ1) is 18.5. The summed E-state index contributed by atoms with van der Waals surface area (Å²) in [5.74, 6) is -0.368. The van der Waals surface area contributed by atoms with Crippen LogP contribution in [0.25, 0.3) is 0 Å². The maximum atomic E-state index is 13.9. The molecule has 1 aliphatic rings. The Bertz CT molecular complexity index is 1110. The van der Waals surface area contributed by atoms with Gasteiger partial charge in [0, 0.05) is 37.8 Å². The number of nitrogens with one attached hydrogen (secondary N) is 2. The molecule has 1 heterocycles. The van der Waals surface area contributed by atoms with Crippen molar-refractivity contribution >= 4 is 17.7 Å². The maximum Gasteiger partial charge on any atom is 0.253 e. The van der Waals surface area contributed by atoms with Gasteiger partial charge < -0.3 is 26.2 Å². The molecule has 8 nitrogen and oxygen atoms in total. The second-order valence-corrected chi connectivity index (χ2v) is 11.5. The molecule has 8 heteroatoms. The molecule has 1 fully saturated rings. The zero-order valence-electron chi connectivity index (χ0n) is 24.1. The number of likely N-dealkylation sites (N-methyl/N-ethyl adjacent to an activating group) is 1. The average Bonchev–Trinajstić information content (AvgIpc) is 3.40. The van der Waals surface area contributed by atoms with Gasteiger partial charge in [0.05, 0.1) is 6.04 Å². The van der Waals surface area contributed by atoms with Crippen LogP contribution >= 0.6 is 0 Å². The maximum absolute atomic E-state index is 13.9. The largest absolute Gasteiger partial charge is 0.342 e. The molecule has 212 valence electrons. The zero-order valence-corrected chi connectivity index (χ0v) is 24.1. The molecular weight excluding hydrogens is 490 g/mol. The predicted molar refractivity (Wildman–Crippen MR) is 155 cm³/mol. The molecule has 1 aliphatic heterocycles. The molecule has 0 aliphatic carbocycles. The van der Waals surface area contributed by atoms with Crippen molar-refractivity contribution in [2.75, 3.05) is 26.7 Å². The van der Waals surface area contributed by atoms with Crippen LogP contribution in [0.2, 0.25) is 0 Å². The number of rotatable bonds is 11. The zero-order chi connectivity index (χ0) is 28.6. The molecule has 2 aromatic rings. The van der Waals surface area contributed by atoms with Gasteiger partial charge >= 0.3 is 0 Å². The van der Waals surface area contributed by atoms with Crippen LogP contribution in [0.4, 0.5) is 0 Å². The topological polar surface area (TPSA) is 108 Å². The molecule has 1 saturated heterocycles. The van der Waals surface area contributed by atoms with Gasteiger partial charge in [0.25, 0.3) is 5.91 Å². The van der Waals surface area contributed by atoms with E-state index in [0.717, 1.165) is 24.0 Å². The second-order valence-electron chi connectivity index (χ2n) is 11.5. The minimum Gasteiger partial charge on any atom is -0.342 e. The van der Waals surface area contributed by atoms with Crippen molar-refractivity contribution in [3.63, 3.8) is 0 Å². The minimum absolute atomic E-state index is 0.0657. The van der Waals surface area contributed by atoms with E-state index in [1.807, 2.05) is 73.0 Å². The van der Waals surface area contributed by atoms with Crippen molar-refractivity contribution in [3.05, 3.63) is 71.3 Å². The number of hydrogen-bond donors (Lipinski definition) is 3. The van der Waals surface area contributed by atoms with E-state index in [2.05, 4.69) is 22.8 Å². The van der Waals surface area contributed by atoms with Gasteiger partial charge in [-0.2, -0.15) is 0 Å². The molecular formula is C31H45N5O3. The summed E-state index contributed by atoms with van der Waals surface area (Å²) in [6.45, 7) is 9.60. The first-order valence-electron chi connectivity index (χ1n) is 14.0. The Morgan fingerprint density at radius 3 is 2.41 bits per heavy atom. The quantitative estimate of drug-likeness (QED) is 0.410. The number of benzene rings is 2. The molecule has 0 radical (unpaired) electrons. The fourth-order valence-corrected chi connectivity index (χ4v) is 4.98. The van der Waals surface area contributed by atoms with Gasteiger partial charge in [-0.3, -0.25) is 14.4 Å². The molecule has 2 aromatic carbocycles. The first kappa shape index (κ1) is 30.3. The SMILES string of the molecule is CN[C@@H](C)C(=O)N[C@H](C(=O)N1CCC[C@H]1CN(CCc1ccccc1)C(=O)c1cccc(CN)c1)C(C)(C)C. The number of nitrogens with zero attached hydrogens (tertiary/aromatic N) is 2. The Balaban J connectivity index is 1.83. The third-order valence-electron chi connectivity index (χ3n) is 7.53. The third-order valence-corrected chi connectivity index (χ3v) is 7.53. The van der Waals surface area contributed by atoms with Crippen LogP contribution in [0.5, 0.6) is 0 Å². The Morgan fingerprint density at radius 2 is 1.77 bits per heavy atom. The summed E-state index contributed by atoms with van der Waals surface area (Å²) in [5.41, 5.74) is 8.02. The Kier molecular flexibility index (Phi) is 10.7. The number of amides is 3. The van der Waals surface area contributed by atoms with Crippen LogP contribution < -0.4 is 16.4 Å². The van der Waals surface area contributed by atoms with E-state index in [9.17, 15) is 14.4 Å². The van der Waals surface area contributed by atoms with E-state index in [1.54, 1.807) is 14.0 Å². The van der Waals surface area contributed by atoms with Gasteiger partial charge in [0.2, 0.25) is 11.8 Å². The Morgan fingerprint density at radius 1 is 1.08 bits per heavy atom. The van der Waals surface area contributed by atoms with Crippen LogP contribution in [-0.2, 0) is 22.6 Å². The van der Waals surface area contributed by atoms with E-state index in [0.29, 0.717) is 38.2 Å². The lowest BCUT2D eigenvalue weighted by Gasteiger charge is -2.37. The highest BCUT2D eigenvalue weighted by molar-refractivity contribution is 5.94. The van der Waals surface area contributed by atoms with Crippen molar-refractivity contribution in [2.24, 2.45) is 11.1 Å². The molecule has 3 atom stereocenters. The number of carbonyl (C=O) groups excluding carboxylic acids is 3. The molecule has 4 N–H and O–H groups in total. The van der Waals surface area contributed by atoms with Crippen LogP contribution in [-0.4, -0.2) is 72.3 Å². The van der Waals surface area contributed by atoms with Gasteiger partial charge in [-0.1, -0.05) is 63.2 Å². The van der Waals surface area contributed by atoms with Crippen LogP contribution in [0.1, 0.15) is 62.0 Å². The van der Waals surface area contributed by atoms with Gasteiger partial charge in [0.15, 0.2) is 0 Å². The lowest BCUT2D eigenvalue weighted by molar-refractivity contribution is -0.140. The molecule has 0 unspecified atom stereocenters. The lowest BCUT2D eigenvalue weighted by Crippen LogP contribution is -2.59. The first-order valence-corrected chi connectivity index (χ1v) is 14.0. The summed E-state index contributed by atoms with van der Waals surface area (Å²) in [5, 5.41) is 5.92. The van der Waals surface area contributed by atoms with Crippen molar-refractivity contribution in [1.29, 1.82) is 0 Å². The minimum atomic E-state index is -0.670. The van der Waals surface area contributed by atoms with E-state index >= 15 is 0 Å². The van der Waals surface area contributed by atoms with Crippen LogP contribution in [0.3, 0.4) is 0 Å². The smallest absolute Gasteiger partial charge is 0.253 e. The fourth-order valence-electron chi connectivity index (χ4n) is 4.98. The highest BCUT2D eigenvalue weighted by atomic mass is 16.2. The number of likely N-dealkylation sites (tertiary alicyclic amines) is 1. The standard InChI is InChI=1S/C31H45N5O3/c1-22(33-5)28(37)34-27(31(2,3)4)30(39)36-17-10-15-26(36)21-35(18-16-23-11-7-6-8-12-23)29(38)25-14-9-13-24(19-25)20-32/h6-9,11-14,19,22,26-27,33H,10,15-18,20-21,32H2,1-5H3,(H,34,37)/t22-,26-,27+/m0/s1. The number of carbonyl (C=O) groups is 3. The van der Waals surface area contributed by atoms with Crippen molar-refractivity contribution in [3.8, 4) is 0 Å². The molecule has 0 spiro atoms. The predicted octanol–water partition coefficient (Wildman–Crippen LogP) is 2.96. The Labute approximate surface area is 233 Å². The monoisotopic (exact) mass is 535 g/mol. The number of hydrogen-bond acceptors (Lipinski definition) is 5. The van der Waals surface area contributed by atoms with E-state index in [1.165, 1.54) is 0 Å². The van der Waals surface area contributed by atoms with Crippen LogP contribution in [0, 0.1) is 5.41 Å². The van der Waals surface area contributed by atoms with Gasteiger partial charge in [-0.15, -0.1) is 0 Å².